The molecule has 0 unspecified atom stereocenters. The zero-order chi connectivity index (χ0) is 24.6. The molecule has 0 saturated heterocycles. The number of hydrogen-bond donors (Lipinski definition) is 0. The molecule has 1 aliphatic rings. The van der Waals surface area contributed by atoms with Crippen LogP contribution in [-0.2, 0) is 12.8 Å². The highest BCUT2D eigenvalue weighted by Crippen LogP contribution is 2.34. The van der Waals surface area contributed by atoms with Crippen molar-refractivity contribution >= 4 is 0 Å². The highest BCUT2D eigenvalue weighted by Gasteiger charge is 2.20. The van der Waals surface area contributed by atoms with Gasteiger partial charge in [0.05, 0.1) is 0 Å². The van der Waals surface area contributed by atoms with Crippen LogP contribution in [0.25, 0.3) is 0 Å². The summed E-state index contributed by atoms with van der Waals surface area (Å²) < 4.78 is 0. The third-order valence-electron chi connectivity index (χ3n) is 7.77. The lowest BCUT2D eigenvalue weighted by atomic mass is 9.78. The summed E-state index contributed by atoms with van der Waals surface area (Å²) in [4.78, 5) is 0. The van der Waals surface area contributed by atoms with Crippen LogP contribution in [0.4, 0.5) is 0 Å². The van der Waals surface area contributed by atoms with Crippen molar-refractivity contribution in [2.75, 3.05) is 0 Å². The molecule has 0 aromatic heterocycles. The standard InChI is InChI=1S/C35H48/c1-3-5-7-8-9-11-13-31-16-20-33(21-17-31)23-25-35-28-26-34(27-29-35)24-22-32-18-14-30(15-19-32)12-10-6-4-2/h5,7,16-17,20-21,26-30,32H,3-4,6,8-15,18-19,22,24H2,1-2H3/b7-5+. The first-order chi connectivity index (χ1) is 17.3. The van der Waals surface area contributed by atoms with E-state index < -0.39 is 0 Å². The van der Waals surface area contributed by atoms with Crippen LogP contribution in [0.3, 0.4) is 0 Å². The van der Waals surface area contributed by atoms with Gasteiger partial charge in [-0.3, -0.25) is 0 Å². The third kappa shape index (κ3) is 10.9. The minimum Gasteiger partial charge on any atom is -0.0888 e. The Kier molecular flexibility index (Phi) is 12.8. The first kappa shape index (κ1) is 27.3. The quantitative estimate of drug-likeness (QED) is 0.156. The molecule has 0 amide bonds. The van der Waals surface area contributed by atoms with Crippen LogP contribution in [0.15, 0.2) is 60.7 Å². The minimum atomic E-state index is 0.942. The first-order valence-corrected chi connectivity index (χ1v) is 14.6. The predicted molar refractivity (Wildman–Crippen MR) is 154 cm³/mol. The van der Waals surface area contributed by atoms with Crippen molar-refractivity contribution in [2.24, 2.45) is 11.8 Å². The molecule has 1 aliphatic carbocycles. The molecule has 35 heavy (non-hydrogen) atoms. The van der Waals surface area contributed by atoms with E-state index in [2.05, 4.69) is 86.4 Å². The number of unbranched alkanes of at least 4 members (excludes halogenated alkanes) is 4. The van der Waals surface area contributed by atoms with Crippen molar-refractivity contribution < 1.29 is 0 Å². The summed E-state index contributed by atoms with van der Waals surface area (Å²) in [5.41, 5.74) is 5.11. The highest BCUT2D eigenvalue weighted by molar-refractivity contribution is 5.44. The van der Waals surface area contributed by atoms with E-state index in [1.54, 1.807) is 0 Å². The average molecular weight is 469 g/mol. The maximum atomic E-state index is 3.35. The Balaban J connectivity index is 1.36. The van der Waals surface area contributed by atoms with Gasteiger partial charge in [-0.1, -0.05) is 113 Å². The molecule has 0 heterocycles. The summed E-state index contributed by atoms with van der Waals surface area (Å²) >= 11 is 0. The predicted octanol–water partition coefficient (Wildman–Crippen LogP) is 10.1. The largest absolute Gasteiger partial charge is 0.0888 e. The average Bonchev–Trinajstić information content (AvgIpc) is 2.90. The molecule has 0 nitrogen and oxygen atoms in total. The Morgan fingerprint density at radius 1 is 0.629 bits per heavy atom. The Hall–Kier alpha value is -2.26. The molecule has 0 heteroatoms. The van der Waals surface area contributed by atoms with Crippen molar-refractivity contribution in [1.29, 1.82) is 0 Å². The van der Waals surface area contributed by atoms with Gasteiger partial charge < -0.3 is 0 Å². The molecule has 0 atom stereocenters. The topological polar surface area (TPSA) is 0 Å². The Bertz CT molecular complexity index is 895. The van der Waals surface area contributed by atoms with Gasteiger partial charge in [0.15, 0.2) is 0 Å². The van der Waals surface area contributed by atoms with Crippen LogP contribution < -0.4 is 0 Å². The van der Waals surface area contributed by atoms with Gasteiger partial charge in [0.25, 0.3) is 0 Å². The van der Waals surface area contributed by atoms with Gasteiger partial charge in [-0.25, -0.2) is 0 Å². The number of rotatable bonds is 13. The number of aryl methyl sites for hydroxylation is 2. The van der Waals surface area contributed by atoms with Crippen LogP contribution in [0.1, 0.15) is 120 Å². The fraction of sp³-hybridized carbons (Fsp3) is 0.543. The zero-order valence-electron chi connectivity index (χ0n) is 22.5. The smallest absolute Gasteiger partial charge is 0.0249 e. The molecule has 1 fully saturated rings. The molecule has 3 rings (SSSR count). The molecular weight excluding hydrogens is 420 g/mol. The fourth-order valence-electron chi connectivity index (χ4n) is 5.39. The van der Waals surface area contributed by atoms with E-state index in [0.29, 0.717) is 0 Å². The van der Waals surface area contributed by atoms with E-state index >= 15 is 0 Å². The van der Waals surface area contributed by atoms with Crippen LogP contribution in [0, 0.1) is 23.7 Å². The summed E-state index contributed by atoms with van der Waals surface area (Å²) in [5, 5.41) is 0. The molecule has 0 radical (unpaired) electrons. The lowest BCUT2D eigenvalue weighted by Crippen LogP contribution is -2.15. The van der Waals surface area contributed by atoms with Gasteiger partial charge in [-0.05, 0) is 92.2 Å². The lowest BCUT2D eigenvalue weighted by molar-refractivity contribution is 0.249. The second kappa shape index (κ2) is 16.4. The molecule has 188 valence electrons. The SMILES string of the molecule is CC/C=C/CCCCc1ccc(C#Cc2ccc(CCC3CCC(CCCCC)CC3)cc2)cc1. The van der Waals surface area contributed by atoms with Crippen molar-refractivity contribution in [3.05, 3.63) is 82.9 Å². The molecule has 2 aromatic rings. The molecular formula is C35H48. The number of benzene rings is 2. The second-order valence-electron chi connectivity index (χ2n) is 10.7. The van der Waals surface area contributed by atoms with Crippen molar-refractivity contribution in [3.8, 4) is 11.8 Å². The van der Waals surface area contributed by atoms with Crippen LogP contribution in [-0.4, -0.2) is 0 Å². The summed E-state index contributed by atoms with van der Waals surface area (Å²) in [6, 6.07) is 17.8. The van der Waals surface area contributed by atoms with Gasteiger partial charge >= 0.3 is 0 Å². The molecule has 0 spiro atoms. The summed E-state index contributed by atoms with van der Waals surface area (Å²) in [5.74, 6) is 8.66. The van der Waals surface area contributed by atoms with Crippen molar-refractivity contribution in [3.63, 3.8) is 0 Å². The molecule has 0 N–H and O–H groups in total. The van der Waals surface area contributed by atoms with Gasteiger partial charge in [-0.15, -0.1) is 0 Å². The van der Waals surface area contributed by atoms with Crippen LogP contribution in [0.2, 0.25) is 0 Å². The summed E-state index contributed by atoms with van der Waals surface area (Å²) in [6.45, 7) is 4.50. The van der Waals surface area contributed by atoms with Crippen molar-refractivity contribution in [2.45, 2.75) is 110 Å². The second-order valence-corrected chi connectivity index (χ2v) is 10.7. The van der Waals surface area contributed by atoms with Crippen molar-refractivity contribution in [1.82, 2.24) is 0 Å². The Morgan fingerprint density at radius 3 is 1.77 bits per heavy atom. The van der Waals surface area contributed by atoms with E-state index in [9.17, 15) is 0 Å². The number of allylic oxidation sites excluding steroid dienone is 2. The van der Waals surface area contributed by atoms with E-state index in [4.69, 9.17) is 0 Å². The molecule has 0 aliphatic heterocycles. The monoisotopic (exact) mass is 468 g/mol. The normalized spacial score (nSPS) is 17.9. The van der Waals surface area contributed by atoms with Gasteiger partial charge in [0.2, 0.25) is 0 Å². The maximum absolute atomic E-state index is 3.35. The highest BCUT2D eigenvalue weighted by atomic mass is 14.3. The van der Waals surface area contributed by atoms with E-state index in [1.807, 2.05) is 0 Å². The Morgan fingerprint density at radius 2 is 1.20 bits per heavy atom. The van der Waals surface area contributed by atoms with Crippen LogP contribution in [0.5, 0.6) is 0 Å². The minimum absolute atomic E-state index is 0.942. The first-order valence-electron chi connectivity index (χ1n) is 14.6. The summed E-state index contributed by atoms with van der Waals surface area (Å²) in [6.07, 6.45) is 24.7. The van der Waals surface area contributed by atoms with E-state index in [0.717, 1.165) is 35.8 Å². The third-order valence-corrected chi connectivity index (χ3v) is 7.77. The van der Waals surface area contributed by atoms with Gasteiger partial charge in [-0.2, -0.15) is 0 Å². The molecule has 2 aromatic carbocycles. The molecule has 1 saturated carbocycles. The van der Waals surface area contributed by atoms with Crippen LogP contribution >= 0.6 is 0 Å². The van der Waals surface area contributed by atoms with Gasteiger partial charge in [0, 0.05) is 11.1 Å². The van der Waals surface area contributed by atoms with E-state index in [-0.39, 0.29) is 0 Å². The van der Waals surface area contributed by atoms with Gasteiger partial charge in [0.1, 0.15) is 0 Å². The number of hydrogen-bond acceptors (Lipinski definition) is 0. The zero-order valence-corrected chi connectivity index (χ0v) is 22.5. The maximum Gasteiger partial charge on any atom is 0.0249 e. The summed E-state index contributed by atoms with van der Waals surface area (Å²) in [7, 11) is 0. The fourth-order valence-corrected chi connectivity index (χ4v) is 5.39. The lowest BCUT2D eigenvalue weighted by Gasteiger charge is -2.28. The Labute approximate surface area is 216 Å². The molecule has 0 bridgehead atoms. The van der Waals surface area contributed by atoms with E-state index in [1.165, 1.54) is 94.6 Å².